The molecule has 0 unspecified atom stereocenters. The molecule has 1 saturated heterocycles. The third-order valence-electron chi connectivity index (χ3n) is 5.36. The molecule has 6 heteroatoms. The van der Waals surface area contributed by atoms with E-state index in [-0.39, 0.29) is 0 Å². The number of rotatable bonds is 4. The highest BCUT2D eigenvalue weighted by Gasteiger charge is 2.44. The van der Waals surface area contributed by atoms with Crippen molar-refractivity contribution in [1.29, 1.82) is 0 Å². The predicted octanol–water partition coefficient (Wildman–Crippen LogP) is 2.82. The molecule has 0 radical (unpaired) electrons. The first kappa shape index (κ1) is 16.7. The van der Waals surface area contributed by atoms with Crippen LogP contribution in [0.1, 0.15) is 24.0 Å². The lowest BCUT2D eigenvalue weighted by Gasteiger charge is -2.39. The van der Waals surface area contributed by atoms with Crippen LogP contribution in [0, 0.1) is 6.92 Å². The zero-order valence-electron chi connectivity index (χ0n) is 14.8. The van der Waals surface area contributed by atoms with E-state index in [0.717, 1.165) is 36.1 Å². The molecule has 134 valence electrons. The molecule has 1 fully saturated rings. The number of aryl methyl sites for hydroxylation is 1. The molecule has 1 aliphatic heterocycles. The van der Waals surface area contributed by atoms with Gasteiger partial charge in [-0.1, -0.05) is 18.2 Å². The van der Waals surface area contributed by atoms with Crippen molar-refractivity contribution in [2.75, 3.05) is 13.1 Å². The van der Waals surface area contributed by atoms with Gasteiger partial charge in [-0.3, -0.25) is 14.6 Å². The van der Waals surface area contributed by atoms with Crippen LogP contribution in [-0.4, -0.2) is 43.8 Å². The molecular weight excluding hydrogens is 328 g/mol. The standard InChI is InChI=1S/C20H22N4O2/c1-15-12-22-24(13-15)20(19(25)26)7-10-23(11-8-20)14-16-4-2-6-18-17(16)5-3-9-21-18/h2-6,9,12-13H,7-8,10-11,14H2,1H3,(H,25,26). The average molecular weight is 350 g/mol. The summed E-state index contributed by atoms with van der Waals surface area (Å²) in [6, 6.07) is 10.2. The SMILES string of the molecule is Cc1cnn(C2(C(=O)O)CCN(Cc3cccc4ncccc34)CC2)c1. The van der Waals surface area contributed by atoms with Crippen LogP contribution in [-0.2, 0) is 16.9 Å². The van der Waals surface area contributed by atoms with Crippen molar-refractivity contribution in [2.45, 2.75) is 31.8 Å². The van der Waals surface area contributed by atoms with Crippen LogP contribution in [0.2, 0.25) is 0 Å². The van der Waals surface area contributed by atoms with Gasteiger partial charge >= 0.3 is 5.97 Å². The van der Waals surface area contributed by atoms with E-state index in [0.29, 0.717) is 12.8 Å². The van der Waals surface area contributed by atoms with Gasteiger partial charge in [0.25, 0.3) is 0 Å². The number of pyridine rings is 1. The Morgan fingerprint density at radius 1 is 1.23 bits per heavy atom. The molecule has 3 aromatic rings. The smallest absolute Gasteiger partial charge is 0.331 e. The Morgan fingerprint density at radius 3 is 2.73 bits per heavy atom. The molecule has 0 saturated carbocycles. The van der Waals surface area contributed by atoms with Gasteiger partial charge in [-0.15, -0.1) is 0 Å². The summed E-state index contributed by atoms with van der Waals surface area (Å²) in [5.74, 6) is -0.797. The number of hydrogen-bond acceptors (Lipinski definition) is 4. The number of carbonyl (C=O) groups is 1. The molecule has 2 aromatic heterocycles. The normalized spacial score (nSPS) is 17.4. The fraction of sp³-hybridized carbons (Fsp3) is 0.350. The fourth-order valence-corrected chi connectivity index (χ4v) is 3.81. The molecule has 1 aromatic carbocycles. The zero-order valence-corrected chi connectivity index (χ0v) is 14.8. The van der Waals surface area contributed by atoms with Gasteiger partial charge in [-0.05, 0) is 43.0 Å². The third-order valence-corrected chi connectivity index (χ3v) is 5.36. The first-order valence-electron chi connectivity index (χ1n) is 8.89. The molecule has 4 rings (SSSR count). The number of hydrogen-bond donors (Lipinski definition) is 1. The van der Waals surface area contributed by atoms with Crippen molar-refractivity contribution in [3.8, 4) is 0 Å². The molecule has 0 spiro atoms. The summed E-state index contributed by atoms with van der Waals surface area (Å²) in [4.78, 5) is 18.8. The molecule has 0 bridgehead atoms. The van der Waals surface area contributed by atoms with Crippen LogP contribution in [0.15, 0.2) is 48.9 Å². The van der Waals surface area contributed by atoms with Crippen LogP contribution >= 0.6 is 0 Å². The summed E-state index contributed by atoms with van der Waals surface area (Å²) in [6.45, 7) is 4.18. The number of nitrogens with zero attached hydrogens (tertiary/aromatic N) is 4. The van der Waals surface area contributed by atoms with E-state index in [2.05, 4.69) is 27.1 Å². The molecular formula is C20H22N4O2. The third kappa shape index (κ3) is 2.86. The van der Waals surface area contributed by atoms with Crippen molar-refractivity contribution in [2.24, 2.45) is 0 Å². The van der Waals surface area contributed by atoms with Crippen LogP contribution in [0.25, 0.3) is 10.9 Å². The number of piperidine rings is 1. The maximum absolute atomic E-state index is 12.0. The lowest BCUT2D eigenvalue weighted by molar-refractivity contribution is -0.151. The first-order chi connectivity index (χ1) is 12.6. The van der Waals surface area contributed by atoms with Crippen LogP contribution in [0.4, 0.5) is 0 Å². The molecule has 0 aliphatic carbocycles. The van der Waals surface area contributed by atoms with Crippen LogP contribution < -0.4 is 0 Å². The topological polar surface area (TPSA) is 71.2 Å². The monoisotopic (exact) mass is 350 g/mol. The van der Waals surface area contributed by atoms with Gasteiger partial charge in [0.15, 0.2) is 5.54 Å². The van der Waals surface area contributed by atoms with Crippen LogP contribution in [0.3, 0.4) is 0 Å². The summed E-state index contributed by atoms with van der Waals surface area (Å²) in [7, 11) is 0. The fourth-order valence-electron chi connectivity index (χ4n) is 3.81. The molecule has 26 heavy (non-hydrogen) atoms. The summed E-state index contributed by atoms with van der Waals surface area (Å²) in [6.07, 6.45) is 6.46. The van der Waals surface area contributed by atoms with E-state index < -0.39 is 11.5 Å². The molecule has 6 nitrogen and oxygen atoms in total. The number of likely N-dealkylation sites (tertiary alicyclic amines) is 1. The van der Waals surface area contributed by atoms with Gasteiger partial charge in [0.2, 0.25) is 0 Å². The van der Waals surface area contributed by atoms with Crippen molar-refractivity contribution >= 4 is 16.9 Å². The number of benzene rings is 1. The molecule has 0 amide bonds. The molecule has 3 heterocycles. The number of aromatic nitrogens is 3. The molecule has 1 aliphatic rings. The largest absolute Gasteiger partial charge is 0.479 e. The number of carboxylic acids is 1. The maximum atomic E-state index is 12.0. The van der Waals surface area contributed by atoms with E-state index in [1.165, 1.54) is 5.56 Å². The van der Waals surface area contributed by atoms with Crippen molar-refractivity contribution in [3.63, 3.8) is 0 Å². The zero-order chi connectivity index (χ0) is 18.1. The quantitative estimate of drug-likeness (QED) is 0.783. The van der Waals surface area contributed by atoms with E-state index in [1.54, 1.807) is 17.1 Å². The van der Waals surface area contributed by atoms with E-state index in [4.69, 9.17) is 0 Å². The lowest BCUT2D eigenvalue weighted by atomic mass is 9.87. The van der Waals surface area contributed by atoms with E-state index in [9.17, 15) is 9.90 Å². The van der Waals surface area contributed by atoms with Crippen LogP contribution in [0.5, 0.6) is 0 Å². The Bertz CT molecular complexity index is 936. The summed E-state index contributed by atoms with van der Waals surface area (Å²) >= 11 is 0. The molecule has 0 atom stereocenters. The van der Waals surface area contributed by atoms with Gasteiger partial charge in [0, 0.05) is 37.4 Å². The maximum Gasteiger partial charge on any atom is 0.331 e. The van der Waals surface area contributed by atoms with Gasteiger partial charge in [0.1, 0.15) is 0 Å². The minimum Gasteiger partial charge on any atom is -0.479 e. The van der Waals surface area contributed by atoms with Crippen molar-refractivity contribution in [1.82, 2.24) is 19.7 Å². The van der Waals surface area contributed by atoms with Gasteiger partial charge in [-0.25, -0.2) is 4.79 Å². The second-order valence-corrected chi connectivity index (χ2v) is 7.06. The molecule has 1 N–H and O–H groups in total. The highest BCUT2D eigenvalue weighted by molar-refractivity contribution is 5.82. The number of aliphatic carboxylic acids is 1. The minimum absolute atomic E-state index is 0.548. The summed E-state index contributed by atoms with van der Waals surface area (Å²) in [5, 5.41) is 15.3. The number of carboxylic acid groups (broad SMARTS) is 1. The number of fused-ring (bicyclic) bond motifs is 1. The summed E-state index contributed by atoms with van der Waals surface area (Å²) in [5.41, 5.74) is 2.27. The lowest BCUT2D eigenvalue weighted by Crippen LogP contribution is -2.51. The highest BCUT2D eigenvalue weighted by atomic mass is 16.4. The van der Waals surface area contributed by atoms with Gasteiger partial charge in [-0.2, -0.15) is 5.10 Å². The Balaban J connectivity index is 1.53. The van der Waals surface area contributed by atoms with Gasteiger partial charge in [0.05, 0.1) is 11.7 Å². The second-order valence-electron chi connectivity index (χ2n) is 7.06. The van der Waals surface area contributed by atoms with Crippen molar-refractivity contribution in [3.05, 3.63) is 60.0 Å². The Hall–Kier alpha value is -2.73. The van der Waals surface area contributed by atoms with E-state index in [1.807, 2.05) is 31.3 Å². The first-order valence-corrected chi connectivity index (χ1v) is 8.89. The Kier molecular flexibility index (Phi) is 4.20. The second kappa shape index (κ2) is 6.53. The summed E-state index contributed by atoms with van der Waals surface area (Å²) < 4.78 is 1.64. The highest BCUT2D eigenvalue weighted by Crippen LogP contribution is 2.31. The van der Waals surface area contributed by atoms with Crippen molar-refractivity contribution < 1.29 is 9.90 Å². The Morgan fingerprint density at radius 2 is 2.04 bits per heavy atom. The minimum atomic E-state index is -0.939. The predicted molar refractivity (Wildman–Crippen MR) is 98.8 cm³/mol. The average Bonchev–Trinajstić information content (AvgIpc) is 3.09. The van der Waals surface area contributed by atoms with E-state index >= 15 is 0 Å². The Labute approximate surface area is 152 Å². The van der Waals surface area contributed by atoms with Gasteiger partial charge < -0.3 is 5.11 Å².